The van der Waals surface area contributed by atoms with Crippen LogP contribution < -0.4 is 0 Å². The van der Waals surface area contributed by atoms with Crippen molar-refractivity contribution in [1.82, 2.24) is 14.6 Å². The largest absolute Gasteiger partial charge is 0.465 e. The van der Waals surface area contributed by atoms with E-state index >= 15 is 0 Å². The second-order valence-corrected chi connectivity index (χ2v) is 7.65. The number of nitrogens with zero attached hydrogens (tertiary/aromatic N) is 3. The molecule has 5 nitrogen and oxygen atoms in total. The lowest BCUT2D eigenvalue weighted by Crippen LogP contribution is -2.03. The Morgan fingerprint density at radius 1 is 1.38 bits per heavy atom. The van der Waals surface area contributed by atoms with Crippen molar-refractivity contribution in [2.75, 3.05) is 7.11 Å². The molecule has 9 heteroatoms. The van der Waals surface area contributed by atoms with E-state index in [1.54, 1.807) is 10.6 Å². The maximum atomic E-state index is 11.7. The summed E-state index contributed by atoms with van der Waals surface area (Å²) >= 11 is 14.5. The molecule has 0 fully saturated rings. The van der Waals surface area contributed by atoms with Crippen molar-refractivity contribution in [2.45, 2.75) is 0 Å². The molecule has 0 saturated heterocycles. The van der Waals surface area contributed by atoms with E-state index in [1.807, 2.05) is 6.07 Å². The van der Waals surface area contributed by atoms with Gasteiger partial charge in [-0.3, -0.25) is 4.40 Å². The molecule has 0 bridgehead atoms. The minimum atomic E-state index is -0.466. The van der Waals surface area contributed by atoms with Crippen LogP contribution in [0.2, 0.25) is 5.02 Å². The Morgan fingerprint density at radius 3 is 2.76 bits per heavy atom. The molecule has 3 aromatic rings. The summed E-state index contributed by atoms with van der Waals surface area (Å²) in [4.78, 5) is 12.6. The van der Waals surface area contributed by atoms with Gasteiger partial charge in [0.05, 0.1) is 26.4 Å². The third-order valence-corrected chi connectivity index (χ3v) is 6.28. The first-order valence-corrected chi connectivity index (χ1v) is 8.37. The van der Waals surface area contributed by atoms with Crippen molar-refractivity contribution in [3.05, 3.63) is 37.2 Å². The van der Waals surface area contributed by atoms with Crippen LogP contribution >= 0.6 is 54.8 Å². The summed E-state index contributed by atoms with van der Waals surface area (Å²) in [6.45, 7) is 0. The van der Waals surface area contributed by atoms with Gasteiger partial charge in [-0.15, -0.1) is 21.5 Å². The highest BCUT2D eigenvalue weighted by Crippen LogP contribution is 2.38. The Bertz CT molecular complexity index is 842. The second-order valence-electron chi connectivity index (χ2n) is 4.02. The van der Waals surface area contributed by atoms with Crippen LogP contribution in [-0.4, -0.2) is 27.7 Å². The number of hydrogen-bond donors (Lipinski definition) is 0. The number of hydrogen-bond acceptors (Lipinski definition) is 5. The molecule has 3 rings (SSSR count). The van der Waals surface area contributed by atoms with E-state index in [9.17, 15) is 4.79 Å². The molecule has 3 aromatic heterocycles. The quantitative estimate of drug-likeness (QED) is 0.541. The van der Waals surface area contributed by atoms with E-state index in [2.05, 4.69) is 42.1 Å². The van der Waals surface area contributed by atoms with Crippen molar-refractivity contribution in [3.63, 3.8) is 0 Å². The summed E-state index contributed by atoms with van der Waals surface area (Å²) in [5.41, 5.74) is 0.825. The van der Waals surface area contributed by atoms with E-state index in [1.165, 1.54) is 24.5 Å². The predicted octanol–water partition coefficient (Wildman–Crippen LogP) is 4.42. The minimum absolute atomic E-state index is 0.339. The molecule has 0 amide bonds. The number of ether oxygens (including phenoxy) is 1. The molecule has 0 saturated carbocycles. The third-order valence-electron chi connectivity index (χ3n) is 2.75. The van der Waals surface area contributed by atoms with Crippen molar-refractivity contribution in [3.8, 4) is 10.7 Å². The molecule has 0 aromatic carbocycles. The smallest absolute Gasteiger partial charge is 0.339 e. The van der Waals surface area contributed by atoms with Gasteiger partial charge in [-0.05, 0) is 44.0 Å². The van der Waals surface area contributed by atoms with Crippen LogP contribution in [0.15, 0.2) is 26.6 Å². The van der Waals surface area contributed by atoms with Crippen molar-refractivity contribution in [1.29, 1.82) is 0 Å². The summed E-state index contributed by atoms with van der Waals surface area (Å²) in [6.07, 6.45) is 1.61. The zero-order chi connectivity index (χ0) is 15.1. The van der Waals surface area contributed by atoms with Crippen LogP contribution in [-0.2, 0) is 4.74 Å². The highest BCUT2D eigenvalue weighted by molar-refractivity contribution is 9.13. The summed E-state index contributed by atoms with van der Waals surface area (Å²) in [6, 6.07) is 3.44. The number of pyridine rings is 1. The molecule has 0 spiro atoms. The van der Waals surface area contributed by atoms with Crippen molar-refractivity contribution >= 4 is 66.4 Å². The zero-order valence-corrected chi connectivity index (χ0v) is 15.2. The minimum Gasteiger partial charge on any atom is -0.465 e. The first kappa shape index (κ1) is 15.0. The topological polar surface area (TPSA) is 56.5 Å². The average Bonchev–Trinajstić information content (AvgIpc) is 3.02. The standard InChI is InChI=1S/C12H6Br2ClN3O2S/c1-20-12(19)5-2-7(15)10-16-17-11(18(10)4-5)8-3-6(13)9(14)21-8/h2-4H,1H3. The van der Waals surface area contributed by atoms with E-state index in [0.29, 0.717) is 22.1 Å². The molecular weight excluding hydrogens is 445 g/mol. The van der Waals surface area contributed by atoms with Gasteiger partial charge >= 0.3 is 5.97 Å². The van der Waals surface area contributed by atoms with Gasteiger partial charge in [0.1, 0.15) is 0 Å². The van der Waals surface area contributed by atoms with Crippen LogP contribution in [0.25, 0.3) is 16.3 Å². The number of thiophene rings is 1. The number of halogens is 3. The second kappa shape index (κ2) is 5.68. The van der Waals surface area contributed by atoms with Gasteiger partial charge in [0.15, 0.2) is 11.5 Å². The van der Waals surface area contributed by atoms with Gasteiger partial charge in [0.2, 0.25) is 0 Å². The Balaban J connectivity index is 2.24. The summed E-state index contributed by atoms with van der Waals surface area (Å²) < 4.78 is 8.28. The van der Waals surface area contributed by atoms with Crippen molar-refractivity contribution < 1.29 is 9.53 Å². The van der Waals surface area contributed by atoms with E-state index < -0.39 is 5.97 Å². The monoisotopic (exact) mass is 449 g/mol. The fourth-order valence-corrected chi connectivity index (χ4v) is 4.07. The van der Waals surface area contributed by atoms with Gasteiger partial charge in [-0.1, -0.05) is 11.6 Å². The first-order chi connectivity index (χ1) is 10.0. The Labute approximate surface area is 145 Å². The van der Waals surface area contributed by atoms with Gasteiger partial charge in [-0.25, -0.2) is 4.79 Å². The molecule has 0 unspecified atom stereocenters. The van der Waals surface area contributed by atoms with E-state index in [0.717, 1.165) is 13.1 Å². The first-order valence-electron chi connectivity index (χ1n) is 5.59. The van der Waals surface area contributed by atoms with E-state index in [4.69, 9.17) is 16.3 Å². The predicted molar refractivity (Wildman–Crippen MR) is 88.0 cm³/mol. The highest BCUT2D eigenvalue weighted by Gasteiger charge is 2.17. The molecule has 3 heterocycles. The Kier molecular flexibility index (Phi) is 4.04. The lowest BCUT2D eigenvalue weighted by molar-refractivity contribution is 0.0600. The number of carbonyl (C=O) groups is 1. The SMILES string of the molecule is COC(=O)c1cc(Cl)c2nnc(-c3cc(Br)c(Br)s3)n2c1. The van der Waals surface area contributed by atoms with E-state index in [-0.39, 0.29) is 0 Å². The molecule has 108 valence electrons. The number of methoxy groups -OCH3 is 1. The fraction of sp³-hybridized carbons (Fsp3) is 0.0833. The van der Waals surface area contributed by atoms with Gasteiger partial charge in [0.25, 0.3) is 0 Å². The molecule has 0 aliphatic heterocycles. The maximum absolute atomic E-state index is 11.7. The highest BCUT2D eigenvalue weighted by atomic mass is 79.9. The molecule has 0 aliphatic rings. The molecule has 0 N–H and O–H groups in total. The van der Waals surface area contributed by atoms with Crippen LogP contribution in [0.5, 0.6) is 0 Å². The zero-order valence-electron chi connectivity index (χ0n) is 10.4. The van der Waals surface area contributed by atoms with Crippen molar-refractivity contribution in [2.24, 2.45) is 0 Å². The summed E-state index contributed by atoms with van der Waals surface area (Å²) in [5.74, 6) is 0.140. The summed E-state index contributed by atoms with van der Waals surface area (Å²) in [5, 5.41) is 8.56. The molecule has 0 atom stereocenters. The molecule has 0 radical (unpaired) electrons. The molecule has 21 heavy (non-hydrogen) atoms. The van der Waals surface area contributed by atoms with Crippen LogP contribution in [0.1, 0.15) is 10.4 Å². The van der Waals surface area contributed by atoms with Gasteiger partial charge in [0, 0.05) is 10.7 Å². The normalized spacial score (nSPS) is 11.0. The lowest BCUT2D eigenvalue weighted by atomic mass is 10.3. The van der Waals surface area contributed by atoms with Crippen LogP contribution in [0.3, 0.4) is 0 Å². The lowest BCUT2D eigenvalue weighted by Gasteiger charge is -2.03. The molecular formula is C12H6Br2ClN3O2S. The van der Waals surface area contributed by atoms with Gasteiger partial charge < -0.3 is 4.74 Å². The van der Waals surface area contributed by atoms with Crippen LogP contribution in [0.4, 0.5) is 0 Å². The molecule has 0 aliphatic carbocycles. The Morgan fingerprint density at radius 2 is 2.14 bits per heavy atom. The average molecular weight is 452 g/mol. The Hall–Kier alpha value is -0.960. The summed E-state index contributed by atoms with van der Waals surface area (Å²) in [7, 11) is 1.32. The maximum Gasteiger partial charge on any atom is 0.339 e. The number of aromatic nitrogens is 3. The number of carbonyl (C=O) groups excluding carboxylic acids is 1. The van der Waals surface area contributed by atoms with Gasteiger partial charge in [-0.2, -0.15) is 0 Å². The number of fused-ring (bicyclic) bond motifs is 1. The fourth-order valence-electron chi connectivity index (χ4n) is 1.81. The number of rotatable bonds is 2. The third kappa shape index (κ3) is 2.61. The number of esters is 1. The van der Waals surface area contributed by atoms with Crippen LogP contribution in [0, 0.1) is 0 Å².